The predicted molar refractivity (Wildman–Crippen MR) is 76.5 cm³/mol. The van der Waals surface area contributed by atoms with Gasteiger partial charge in [0.15, 0.2) is 0 Å². The van der Waals surface area contributed by atoms with Gasteiger partial charge < -0.3 is 0 Å². The molecule has 0 heterocycles. The molecule has 0 unspecified atom stereocenters. The van der Waals surface area contributed by atoms with Crippen molar-refractivity contribution in [2.24, 2.45) is 0 Å². The van der Waals surface area contributed by atoms with Gasteiger partial charge in [-0.3, -0.25) is 0 Å². The van der Waals surface area contributed by atoms with E-state index in [4.69, 9.17) is 6.42 Å². The van der Waals surface area contributed by atoms with Crippen LogP contribution in [-0.2, 0) is 0 Å². The van der Waals surface area contributed by atoms with Gasteiger partial charge in [0.2, 0.25) is 0 Å². The summed E-state index contributed by atoms with van der Waals surface area (Å²) < 4.78 is 1.44. The van der Waals surface area contributed by atoms with Crippen LogP contribution in [0.3, 0.4) is 0 Å². The molecule has 2 heteroatoms. The van der Waals surface area contributed by atoms with E-state index in [1.165, 1.54) is 9.37 Å². The molecule has 0 aliphatic carbocycles. The molecule has 0 radical (unpaired) electrons. The van der Waals surface area contributed by atoms with Crippen molar-refractivity contribution in [3.8, 4) is 12.3 Å². The summed E-state index contributed by atoms with van der Waals surface area (Å²) in [6.07, 6.45) is 7.60. The van der Waals surface area contributed by atoms with Gasteiger partial charge in [0, 0.05) is 0 Å². The summed E-state index contributed by atoms with van der Waals surface area (Å²) in [5.41, 5.74) is 1.27. The van der Waals surface area contributed by atoms with Crippen molar-refractivity contribution < 1.29 is 0 Å². The van der Waals surface area contributed by atoms with E-state index in [2.05, 4.69) is 50.1 Å². The summed E-state index contributed by atoms with van der Waals surface area (Å²) in [4.78, 5) is 0. The second-order valence-corrected chi connectivity index (χ2v) is 7.87. The fourth-order valence-electron chi connectivity index (χ4n) is 1.14. The summed E-state index contributed by atoms with van der Waals surface area (Å²) in [7, 11) is 0. The average Bonchev–Trinajstić information content (AvgIpc) is 2.26. The molecule has 84 valence electrons. The summed E-state index contributed by atoms with van der Waals surface area (Å²) in [5.74, 6) is 2.73. The third-order valence-electron chi connectivity index (χ3n) is 1.73. The minimum atomic E-state index is 0.416. The molecule has 0 N–H and O–H groups in total. The van der Waals surface area contributed by atoms with Gasteiger partial charge in [-0.1, -0.05) is 0 Å². The van der Waals surface area contributed by atoms with Crippen molar-refractivity contribution in [2.45, 2.75) is 24.4 Å². The Labute approximate surface area is 109 Å². The number of hydrogen-bond donors (Lipinski definition) is 0. The molecule has 0 aliphatic heterocycles. The van der Waals surface area contributed by atoms with Gasteiger partial charge in [0.05, 0.1) is 0 Å². The first-order chi connectivity index (χ1) is 7.72. The maximum atomic E-state index is 5.33. The van der Waals surface area contributed by atoms with E-state index in [1.54, 1.807) is 0 Å². The zero-order valence-corrected chi connectivity index (χ0v) is 12.2. The number of benzene rings is 1. The van der Waals surface area contributed by atoms with Crippen LogP contribution in [0.5, 0.6) is 0 Å². The fraction of sp³-hybridized carbons (Fsp3) is 0.286. The zero-order valence-electron chi connectivity index (χ0n) is 9.64. The Morgan fingerprint density at radius 3 is 2.69 bits per heavy atom. The van der Waals surface area contributed by atoms with E-state index in [-0.39, 0.29) is 0 Å². The Morgan fingerprint density at radius 1 is 1.44 bits per heavy atom. The molecular formula is C14H16SSe. The van der Waals surface area contributed by atoms with E-state index < -0.39 is 0 Å². The monoisotopic (exact) mass is 296 g/mol. The second-order valence-electron chi connectivity index (χ2n) is 3.53. The molecule has 0 atom stereocenters. The summed E-state index contributed by atoms with van der Waals surface area (Å²) in [5, 5.41) is 1.50. The van der Waals surface area contributed by atoms with Gasteiger partial charge in [0.1, 0.15) is 0 Å². The quantitative estimate of drug-likeness (QED) is 0.587. The molecule has 0 aromatic heterocycles. The van der Waals surface area contributed by atoms with Crippen LogP contribution in [0, 0.1) is 12.3 Å². The first kappa shape index (κ1) is 13.5. The molecule has 1 aromatic rings. The molecule has 0 saturated heterocycles. The molecule has 16 heavy (non-hydrogen) atoms. The number of terminal acetylenes is 1. The summed E-state index contributed by atoms with van der Waals surface area (Å²) >= 11 is 2.34. The van der Waals surface area contributed by atoms with Gasteiger partial charge in [-0.2, -0.15) is 0 Å². The number of hydrogen-bond acceptors (Lipinski definition) is 1. The SMILES string of the molecule is C#CC[Se]/C(=C/c1ccccc1)SC(C)C. The summed E-state index contributed by atoms with van der Waals surface area (Å²) in [6.45, 7) is 4.44. The zero-order chi connectivity index (χ0) is 11.8. The minimum absolute atomic E-state index is 0.416. The van der Waals surface area contributed by atoms with Crippen molar-refractivity contribution >= 4 is 32.8 Å². The van der Waals surface area contributed by atoms with Gasteiger partial charge in [-0.15, -0.1) is 0 Å². The molecule has 0 aliphatic rings. The molecular weight excluding hydrogens is 279 g/mol. The van der Waals surface area contributed by atoms with Gasteiger partial charge >= 0.3 is 109 Å². The molecule has 0 bridgehead atoms. The summed E-state index contributed by atoms with van der Waals surface area (Å²) in [6, 6.07) is 10.4. The average molecular weight is 295 g/mol. The van der Waals surface area contributed by atoms with E-state index in [1.807, 2.05) is 17.8 Å². The molecule has 0 saturated carbocycles. The van der Waals surface area contributed by atoms with E-state index >= 15 is 0 Å². The van der Waals surface area contributed by atoms with Crippen LogP contribution >= 0.6 is 11.8 Å². The Hall–Kier alpha value is -0.611. The molecule has 0 spiro atoms. The van der Waals surface area contributed by atoms with Crippen LogP contribution < -0.4 is 0 Å². The van der Waals surface area contributed by atoms with E-state index in [9.17, 15) is 0 Å². The Balaban J connectivity index is 2.75. The third-order valence-corrected chi connectivity index (χ3v) is 5.27. The van der Waals surface area contributed by atoms with Crippen LogP contribution in [0.1, 0.15) is 19.4 Å². The van der Waals surface area contributed by atoms with Crippen LogP contribution in [0.2, 0.25) is 5.32 Å². The fourth-order valence-corrected chi connectivity index (χ4v) is 4.76. The van der Waals surface area contributed by atoms with Crippen molar-refractivity contribution in [3.63, 3.8) is 0 Å². The van der Waals surface area contributed by atoms with Crippen LogP contribution in [-0.4, -0.2) is 20.2 Å². The van der Waals surface area contributed by atoms with Crippen molar-refractivity contribution in [1.82, 2.24) is 0 Å². The molecule has 1 rings (SSSR count). The Morgan fingerprint density at radius 2 is 2.12 bits per heavy atom. The standard InChI is InChI=1S/C14H16SSe/c1-4-10-16-14(15-12(2)3)11-13-8-6-5-7-9-13/h1,5-9,11-12H,10H2,2-3H3/b14-11+. The van der Waals surface area contributed by atoms with Gasteiger partial charge in [-0.25, -0.2) is 0 Å². The molecule has 0 amide bonds. The Kier molecular flexibility index (Phi) is 6.41. The second kappa shape index (κ2) is 7.63. The first-order valence-corrected chi connectivity index (χ1v) is 8.17. The van der Waals surface area contributed by atoms with Crippen molar-refractivity contribution in [3.05, 3.63) is 39.7 Å². The number of thioether (sulfide) groups is 1. The predicted octanol–water partition coefficient (Wildman–Crippen LogP) is 3.88. The van der Waals surface area contributed by atoms with Gasteiger partial charge in [-0.05, 0) is 0 Å². The van der Waals surface area contributed by atoms with Crippen LogP contribution in [0.4, 0.5) is 0 Å². The molecule has 1 aromatic carbocycles. The van der Waals surface area contributed by atoms with Crippen LogP contribution in [0.25, 0.3) is 6.08 Å². The van der Waals surface area contributed by atoms with Crippen molar-refractivity contribution in [2.75, 3.05) is 0 Å². The normalized spacial score (nSPS) is 11.5. The Bertz CT molecular complexity index is 373. The molecule has 0 fully saturated rings. The number of rotatable bonds is 5. The van der Waals surface area contributed by atoms with E-state index in [0.29, 0.717) is 20.2 Å². The first-order valence-electron chi connectivity index (χ1n) is 5.22. The topological polar surface area (TPSA) is 0 Å². The third kappa shape index (κ3) is 5.47. The van der Waals surface area contributed by atoms with Crippen LogP contribution in [0.15, 0.2) is 34.1 Å². The van der Waals surface area contributed by atoms with Crippen molar-refractivity contribution in [1.29, 1.82) is 0 Å². The van der Waals surface area contributed by atoms with E-state index in [0.717, 1.165) is 5.32 Å². The molecule has 0 nitrogen and oxygen atoms in total. The van der Waals surface area contributed by atoms with Gasteiger partial charge in [0.25, 0.3) is 0 Å². The maximum absolute atomic E-state index is 5.33.